The highest BCUT2D eigenvalue weighted by Crippen LogP contribution is 2.34. The molecule has 10 heteroatoms. The number of carboxylic acids is 1. The largest absolute Gasteiger partial charge is 0.497 e. The van der Waals surface area contributed by atoms with Gasteiger partial charge in [-0.25, -0.2) is 4.79 Å². The van der Waals surface area contributed by atoms with Crippen LogP contribution in [-0.4, -0.2) is 74.9 Å². The van der Waals surface area contributed by atoms with Gasteiger partial charge in [-0.2, -0.15) is 0 Å². The molecule has 0 radical (unpaired) electrons. The molecular formula is C19H24N2O8. The Hall–Kier alpha value is -2.66. The number of aliphatic hydroxyl groups excluding tert-OH is 3. The minimum atomic E-state index is -1.76. The lowest BCUT2D eigenvalue weighted by Crippen LogP contribution is -2.57. The highest BCUT2D eigenvalue weighted by molar-refractivity contribution is 5.86. The standard InChI is InChI=1S/C19H24N2O8/c1-9(22)20-6-5-10-8-21(13-4-3-11(28-2)7-12(10)13)18-16(25)14(23)15(24)17(29-18)19(26)27/h3-4,7-8,14-18,23-25H,5-6H2,1-2H3,(H,20,22)(H,26,27)/t14-,15-,16+,17-,18-/m0/s1. The molecule has 5 atom stereocenters. The van der Waals surface area contributed by atoms with E-state index >= 15 is 0 Å². The van der Waals surface area contributed by atoms with Crippen LogP contribution in [-0.2, 0) is 20.7 Å². The van der Waals surface area contributed by atoms with E-state index in [9.17, 15) is 30.0 Å². The first-order valence-corrected chi connectivity index (χ1v) is 9.09. The van der Waals surface area contributed by atoms with Crippen molar-refractivity contribution < 1.29 is 39.5 Å². The Morgan fingerprint density at radius 1 is 1.21 bits per heavy atom. The maximum absolute atomic E-state index is 11.4. The van der Waals surface area contributed by atoms with Crippen LogP contribution in [0.3, 0.4) is 0 Å². The molecule has 1 aliphatic rings. The maximum Gasteiger partial charge on any atom is 0.335 e. The molecule has 3 rings (SSSR count). The Balaban J connectivity index is 2.03. The van der Waals surface area contributed by atoms with Crippen molar-refractivity contribution >= 4 is 22.8 Å². The van der Waals surface area contributed by atoms with E-state index < -0.39 is 36.6 Å². The topological polar surface area (TPSA) is 150 Å². The SMILES string of the molecule is COc1ccc2c(c1)c(CCNC(C)=O)cn2[C@H]1O[C@H](C(=O)O)[C@@H](O)[C@H](O)[C@H]1O. The lowest BCUT2D eigenvalue weighted by molar-refractivity contribution is -0.245. The third-order valence-corrected chi connectivity index (χ3v) is 5.00. The number of amides is 1. The molecule has 1 aromatic carbocycles. The zero-order chi connectivity index (χ0) is 21.3. The number of hydrogen-bond donors (Lipinski definition) is 5. The third kappa shape index (κ3) is 4.06. The zero-order valence-corrected chi connectivity index (χ0v) is 16.0. The van der Waals surface area contributed by atoms with Crippen LogP contribution < -0.4 is 10.1 Å². The molecule has 10 nitrogen and oxygen atoms in total. The number of aromatic nitrogens is 1. The van der Waals surface area contributed by atoms with Gasteiger partial charge < -0.3 is 39.8 Å². The predicted octanol–water partition coefficient (Wildman–Crippen LogP) is -0.607. The predicted molar refractivity (Wildman–Crippen MR) is 100 cm³/mol. The van der Waals surface area contributed by atoms with Gasteiger partial charge in [0.1, 0.15) is 24.1 Å². The average Bonchev–Trinajstić information content (AvgIpc) is 3.03. The molecular weight excluding hydrogens is 384 g/mol. The normalized spacial score (nSPS) is 27.0. The van der Waals surface area contributed by atoms with Crippen LogP contribution in [0.25, 0.3) is 10.9 Å². The van der Waals surface area contributed by atoms with Gasteiger partial charge in [-0.05, 0) is 30.2 Å². The number of ether oxygens (including phenoxy) is 2. The second kappa shape index (κ2) is 8.37. The Morgan fingerprint density at radius 3 is 2.55 bits per heavy atom. The number of methoxy groups -OCH3 is 1. The molecule has 5 N–H and O–H groups in total. The molecule has 1 saturated heterocycles. The van der Waals surface area contributed by atoms with E-state index in [4.69, 9.17) is 9.47 Å². The highest BCUT2D eigenvalue weighted by Gasteiger charge is 2.47. The molecule has 1 amide bonds. The van der Waals surface area contributed by atoms with Crippen molar-refractivity contribution in [2.45, 2.75) is 44.0 Å². The molecule has 2 aromatic rings. The third-order valence-electron chi connectivity index (χ3n) is 5.00. The number of hydrogen-bond acceptors (Lipinski definition) is 7. The number of nitrogens with one attached hydrogen (secondary N) is 1. The summed E-state index contributed by atoms with van der Waals surface area (Å²) in [6.07, 6.45) is -5.82. The van der Waals surface area contributed by atoms with Crippen LogP contribution in [0.15, 0.2) is 24.4 Å². The Labute approximate surface area is 166 Å². The number of fused-ring (bicyclic) bond motifs is 1. The van der Waals surface area contributed by atoms with Gasteiger partial charge in [0.15, 0.2) is 12.3 Å². The first-order chi connectivity index (χ1) is 13.7. The van der Waals surface area contributed by atoms with E-state index in [0.29, 0.717) is 24.2 Å². The monoisotopic (exact) mass is 408 g/mol. The summed E-state index contributed by atoms with van der Waals surface area (Å²) in [5.74, 6) is -1.02. The molecule has 2 heterocycles. The van der Waals surface area contributed by atoms with Crippen LogP contribution in [0.2, 0.25) is 0 Å². The quantitative estimate of drug-likeness (QED) is 0.425. The minimum absolute atomic E-state index is 0.168. The highest BCUT2D eigenvalue weighted by atomic mass is 16.6. The molecule has 1 aromatic heterocycles. The second-order valence-corrected chi connectivity index (χ2v) is 6.93. The van der Waals surface area contributed by atoms with Gasteiger partial charge >= 0.3 is 5.97 Å². The average molecular weight is 408 g/mol. The van der Waals surface area contributed by atoms with Gasteiger partial charge in [0, 0.05) is 25.1 Å². The fourth-order valence-corrected chi connectivity index (χ4v) is 3.51. The smallest absolute Gasteiger partial charge is 0.335 e. The number of carbonyl (C=O) groups excluding carboxylic acids is 1. The Morgan fingerprint density at radius 2 is 1.93 bits per heavy atom. The van der Waals surface area contributed by atoms with E-state index in [1.54, 1.807) is 24.4 Å². The van der Waals surface area contributed by atoms with Gasteiger partial charge in [-0.3, -0.25) is 4.79 Å². The van der Waals surface area contributed by atoms with E-state index in [-0.39, 0.29) is 5.91 Å². The summed E-state index contributed by atoms with van der Waals surface area (Å²) < 4.78 is 12.2. The first kappa shape index (κ1) is 21.1. The number of carbonyl (C=O) groups is 2. The summed E-state index contributed by atoms with van der Waals surface area (Å²) in [7, 11) is 1.53. The van der Waals surface area contributed by atoms with Crippen LogP contribution in [0.5, 0.6) is 5.75 Å². The summed E-state index contributed by atoms with van der Waals surface area (Å²) in [5, 5.41) is 43.3. The van der Waals surface area contributed by atoms with E-state index in [1.165, 1.54) is 18.6 Å². The number of carboxylic acid groups (broad SMARTS) is 1. The van der Waals surface area contributed by atoms with Crippen LogP contribution >= 0.6 is 0 Å². The van der Waals surface area contributed by atoms with Gasteiger partial charge in [0.25, 0.3) is 0 Å². The zero-order valence-electron chi connectivity index (χ0n) is 16.0. The van der Waals surface area contributed by atoms with Gasteiger partial charge in [0.05, 0.1) is 12.6 Å². The van der Waals surface area contributed by atoms with Crippen LogP contribution in [0.4, 0.5) is 0 Å². The van der Waals surface area contributed by atoms with E-state index in [0.717, 1.165) is 10.9 Å². The fourth-order valence-electron chi connectivity index (χ4n) is 3.51. The lowest BCUT2D eigenvalue weighted by Gasteiger charge is -2.39. The molecule has 0 spiro atoms. The molecule has 1 fully saturated rings. The maximum atomic E-state index is 11.4. The van der Waals surface area contributed by atoms with Gasteiger partial charge in [0.2, 0.25) is 5.91 Å². The van der Waals surface area contributed by atoms with Crippen molar-refractivity contribution in [3.8, 4) is 5.75 Å². The summed E-state index contributed by atoms with van der Waals surface area (Å²) >= 11 is 0. The number of rotatable bonds is 6. The number of benzene rings is 1. The van der Waals surface area contributed by atoms with Crippen molar-refractivity contribution in [1.82, 2.24) is 9.88 Å². The number of nitrogens with zero attached hydrogens (tertiary/aromatic N) is 1. The van der Waals surface area contributed by atoms with Crippen LogP contribution in [0.1, 0.15) is 18.7 Å². The van der Waals surface area contributed by atoms with Crippen molar-refractivity contribution in [2.75, 3.05) is 13.7 Å². The summed E-state index contributed by atoms with van der Waals surface area (Å²) in [6, 6.07) is 5.20. The Bertz CT molecular complexity index is 911. The van der Waals surface area contributed by atoms with E-state index in [1.807, 2.05) is 0 Å². The molecule has 158 valence electrons. The van der Waals surface area contributed by atoms with E-state index in [2.05, 4.69) is 5.32 Å². The number of aliphatic carboxylic acids is 1. The molecule has 0 unspecified atom stereocenters. The van der Waals surface area contributed by atoms with Crippen molar-refractivity contribution in [3.63, 3.8) is 0 Å². The van der Waals surface area contributed by atoms with Crippen LogP contribution in [0, 0.1) is 0 Å². The molecule has 29 heavy (non-hydrogen) atoms. The Kier molecular flexibility index (Phi) is 6.08. The van der Waals surface area contributed by atoms with Crippen molar-refractivity contribution in [2.24, 2.45) is 0 Å². The summed E-state index contributed by atoms with van der Waals surface area (Å²) in [6.45, 7) is 1.79. The molecule has 0 aliphatic carbocycles. The van der Waals surface area contributed by atoms with Gasteiger partial charge in [-0.1, -0.05) is 0 Å². The summed E-state index contributed by atoms with van der Waals surface area (Å²) in [4.78, 5) is 22.6. The fraction of sp³-hybridized carbons (Fsp3) is 0.474. The number of aliphatic hydroxyl groups is 3. The van der Waals surface area contributed by atoms with Crippen molar-refractivity contribution in [3.05, 3.63) is 30.0 Å². The molecule has 1 aliphatic heterocycles. The van der Waals surface area contributed by atoms with Gasteiger partial charge in [-0.15, -0.1) is 0 Å². The second-order valence-electron chi connectivity index (χ2n) is 6.93. The summed E-state index contributed by atoms with van der Waals surface area (Å²) in [5.41, 5.74) is 1.41. The minimum Gasteiger partial charge on any atom is -0.497 e. The first-order valence-electron chi connectivity index (χ1n) is 9.09. The van der Waals surface area contributed by atoms with Crippen molar-refractivity contribution in [1.29, 1.82) is 0 Å². The lowest BCUT2D eigenvalue weighted by atomic mass is 9.98. The molecule has 0 saturated carbocycles. The molecule has 0 bridgehead atoms.